The maximum atomic E-state index is 11.9. The number of nitrogens with zero attached hydrogens (tertiary/aromatic N) is 1. The molecule has 84 valence electrons. The molecule has 1 unspecified atom stereocenters. The Morgan fingerprint density at radius 3 is 2.65 bits per heavy atom. The fourth-order valence-electron chi connectivity index (χ4n) is 1.36. The summed E-state index contributed by atoms with van der Waals surface area (Å²) in [6.07, 6.45) is 1.33. The Morgan fingerprint density at radius 2 is 2.12 bits per heavy atom. The molecule has 4 nitrogen and oxygen atoms in total. The van der Waals surface area contributed by atoms with E-state index in [1.807, 2.05) is 0 Å². The molecule has 0 spiro atoms. The largest absolute Gasteiger partial charge is 0.461 e. The fourth-order valence-corrected chi connectivity index (χ4v) is 2.05. The molecule has 2 aromatic rings. The third-order valence-corrected chi connectivity index (χ3v) is 3.07. The van der Waals surface area contributed by atoms with Crippen LogP contribution in [-0.2, 0) is 0 Å². The van der Waals surface area contributed by atoms with E-state index in [1.165, 1.54) is 29.7 Å². The lowest BCUT2D eigenvalue weighted by atomic mass is 9.98. The highest BCUT2D eigenvalue weighted by molar-refractivity contribution is 7.12. The van der Waals surface area contributed by atoms with Gasteiger partial charge in [-0.05, 0) is 23.6 Å². The van der Waals surface area contributed by atoms with E-state index in [4.69, 9.17) is 9.68 Å². The van der Waals surface area contributed by atoms with Gasteiger partial charge < -0.3 is 4.42 Å². The number of hydrogen-bond donors (Lipinski definition) is 0. The van der Waals surface area contributed by atoms with Crippen LogP contribution in [0, 0.1) is 17.2 Å². The molecular weight excluding hydrogens is 238 g/mol. The molecule has 5 heteroatoms. The Morgan fingerprint density at radius 1 is 1.29 bits per heavy atom. The molecule has 0 aliphatic rings. The smallest absolute Gasteiger partial charge is 0.223 e. The van der Waals surface area contributed by atoms with E-state index in [9.17, 15) is 9.59 Å². The van der Waals surface area contributed by atoms with Crippen LogP contribution >= 0.6 is 11.3 Å². The van der Waals surface area contributed by atoms with E-state index in [-0.39, 0.29) is 5.76 Å². The lowest BCUT2D eigenvalue weighted by Gasteiger charge is -2.02. The summed E-state index contributed by atoms with van der Waals surface area (Å²) in [5.41, 5.74) is 0. The van der Waals surface area contributed by atoms with Crippen LogP contribution in [0.2, 0.25) is 0 Å². The van der Waals surface area contributed by atoms with Crippen LogP contribution in [-0.4, -0.2) is 11.6 Å². The molecule has 0 amide bonds. The van der Waals surface area contributed by atoms with E-state index in [1.54, 1.807) is 23.6 Å². The quantitative estimate of drug-likeness (QED) is 0.613. The number of rotatable bonds is 4. The zero-order chi connectivity index (χ0) is 12.3. The van der Waals surface area contributed by atoms with Crippen molar-refractivity contribution in [1.82, 2.24) is 0 Å². The first-order chi connectivity index (χ1) is 8.24. The first kappa shape index (κ1) is 11.3. The van der Waals surface area contributed by atoms with Gasteiger partial charge in [0.25, 0.3) is 0 Å². The highest BCUT2D eigenvalue weighted by Gasteiger charge is 2.30. The summed E-state index contributed by atoms with van der Waals surface area (Å²) in [5, 5.41) is 10.7. The maximum absolute atomic E-state index is 11.9. The molecule has 2 aromatic heterocycles. The second kappa shape index (κ2) is 4.76. The topological polar surface area (TPSA) is 71.1 Å². The lowest BCUT2D eigenvalue weighted by molar-refractivity contribution is 0.0831. The molecule has 17 heavy (non-hydrogen) atoms. The van der Waals surface area contributed by atoms with Crippen LogP contribution in [0.4, 0.5) is 0 Å². The maximum Gasteiger partial charge on any atom is 0.223 e. The zero-order valence-electron chi connectivity index (χ0n) is 8.62. The van der Waals surface area contributed by atoms with Crippen LogP contribution in [0.3, 0.4) is 0 Å². The summed E-state index contributed by atoms with van der Waals surface area (Å²) in [6.45, 7) is 0. The van der Waals surface area contributed by atoms with Crippen molar-refractivity contribution >= 4 is 22.9 Å². The second-order valence-corrected chi connectivity index (χ2v) is 4.19. The summed E-state index contributed by atoms with van der Waals surface area (Å²) in [4.78, 5) is 24.1. The van der Waals surface area contributed by atoms with Gasteiger partial charge in [-0.15, -0.1) is 11.3 Å². The highest BCUT2D eigenvalue weighted by Crippen LogP contribution is 2.18. The first-order valence-corrected chi connectivity index (χ1v) is 5.67. The molecule has 2 heterocycles. The Kier molecular flexibility index (Phi) is 3.17. The summed E-state index contributed by atoms with van der Waals surface area (Å²) >= 11 is 1.21. The van der Waals surface area contributed by atoms with E-state index >= 15 is 0 Å². The van der Waals surface area contributed by atoms with Gasteiger partial charge in [-0.3, -0.25) is 9.59 Å². The van der Waals surface area contributed by atoms with Crippen LogP contribution in [0.25, 0.3) is 0 Å². The molecule has 0 radical (unpaired) electrons. The fraction of sp³-hybridized carbons (Fsp3) is 0.0833. The van der Waals surface area contributed by atoms with Gasteiger partial charge in [-0.25, -0.2) is 0 Å². The van der Waals surface area contributed by atoms with Gasteiger partial charge in [-0.1, -0.05) is 6.07 Å². The van der Waals surface area contributed by atoms with Crippen molar-refractivity contribution in [2.45, 2.75) is 0 Å². The summed E-state index contributed by atoms with van der Waals surface area (Å²) < 4.78 is 4.90. The first-order valence-electron chi connectivity index (χ1n) is 4.79. The Balaban J connectivity index is 2.27. The van der Waals surface area contributed by atoms with Crippen molar-refractivity contribution in [3.63, 3.8) is 0 Å². The molecule has 0 bridgehead atoms. The molecule has 2 rings (SSSR count). The number of thiophene rings is 1. The molecule has 0 saturated heterocycles. The van der Waals surface area contributed by atoms with Gasteiger partial charge in [0.2, 0.25) is 5.78 Å². The monoisotopic (exact) mass is 245 g/mol. The lowest BCUT2D eigenvalue weighted by Crippen LogP contribution is -2.21. The average molecular weight is 245 g/mol. The molecular formula is C12H7NO3S. The molecule has 0 aliphatic heterocycles. The van der Waals surface area contributed by atoms with Crippen LogP contribution in [0.5, 0.6) is 0 Å². The standard InChI is InChI=1S/C12H7NO3S/c13-7-8(11(14)9-3-1-5-16-9)12(15)10-4-2-6-17-10/h1-6,8H. The number of ketones is 2. The van der Waals surface area contributed by atoms with Crippen LogP contribution in [0.15, 0.2) is 40.3 Å². The Bertz CT molecular complexity index is 517. The van der Waals surface area contributed by atoms with E-state index in [0.29, 0.717) is 4.88 Å². The third-order valence-electron chi connectivity index (χ3n) is 2.18. The number of hydrogen-bond acceptors (Lipinski definition) is 5. The van der Waals surface area contributed by atoms with Gasteiger partial charge in [0.15, 0.2) is 17.5 Å². The van der Waals surface area contributed by atoms with Crippen molar-refractivity contribution in [2.24, 2.45) is 5.92 Å². The molecule has 0 N–H and O–H groups in total. The van der Waals surface area contributed by atoms with Crippen molar-refractivity contribution < 1.29 is 14.0 Å². The highest BCUT2D eigenvalue weighted by atomic mass is 32.1. The summed E-state index contributed by atoms with van der Waals surface area (Å²) in [7, 11) is 0. The third kappa shape index (κ3) is 2.17. The number of carbonyl (C=O) groups is 2. The normalized spacial score (nSPS) is 11.7. The Labute approximate surface area is 101 Å². The molecule has 0 saturated carbocycles. The van der Waals surface area contributed by atoms with Crippen molar-refractivity contribution in [3.05, 3.63) is 46.5 Å². The minimum absolute atomic E-state index is 0.0291. The van der Waals surface area contributed by atoms with E-state index in [0.717, 1.165) is 0 Å². The van der Waals surface area contributed by atoms with Crippen LogP contribution in [0.1, 0.15) is 20.2 Å². The summed E-state index contributed by atoms with van der Waals surface area (Å²) in [6, 6.07) is 7.99. The molecule has 0 aromatic carbocycles. The van der Waals surface area contributed by atoms with Gasteiger partial charge in [0, 0.05) is 0 Å². The van der Waals surface area contributed by atoms with Crippen molar-refractivity contribution in [2.75, 3.05) is 0 Å². The minimum Gasteiger partial charge on any atom is -0.461 e. The van der Waals surface area contributed by atoms with Gasteiger partial charge in [-0.2, -0.15) is 5.26 Å². The minimum atomic E-state index is -1.33. The van der Waals surface area contributed by atoms with E-state index < -0.39 is 17.5 Å². The molecule has 0 aliphatic carbocycles. The van der Waals surface area contributed by atoms with Crippen LogP contribution < -0.4 is 0 Å². The van der Waals surface area contributed by atoms with Gasteiger partial charge in [0.05, 0.1) is 17.2 Å². The molecule has 0 fully saturated rings. The second-order valence-electron chi connectivity index (χ2n) is 3.25. The average Bonchev–Trinajstić information content (AvgIpc) is 3.03. The number of nitriles is 1. The van der Waals surface area contributed by atoms with Crippen molar-refractivity contribution in [3.8, 4) is 6.07 Å². The summed E-state index contributed by atoms with van der Waals surface area (Å²) in [5.74, 6) is -2.39. The number of carbonyl (C=O) groups excluding carboxylic acids is 2. The number of Topliss-reactive ketones (excluding diaryl/α,β-unsaturated/α-hetero) is 2. The predicted octanol–water partition coefficient (Wildman–Crippen LogP) is 2.55. The predicted molar refractivity (Wildman–Crippen MR) is 60.8 cm³/mol. The van der Waals surface area contributed by atoms with Gasteiger partial charge >= 0.3 is 0 Å². The molecule has 1 atom stereocenters. The SMILES string of the molecule is N#CC(C(=O)c1ccco1)C(=O)c1cccs1. The van der Waals surface area contributed by atoms with E-state index in [2.05, 4.69) is 0 Å². The van der Waals surface area contributed by atoms with Crippen molar-refractivity contribution in [1.29, 1.82) is 5.26 Å². The Hall–Kier alpha value is -2.19. The zero-order valence-corrected chi connectivity index (χ0v) is 9.44. The van der Waals surface area contributed by atoms with Gasteiger partial charge in [0.1, 0.15) is 0 Å². The number of furan rings is 1.